The van der Waals surface area contributed by atoms with Crippen molar-refractivity contribution in [3.8, 4) is 5.75 Å². The average molecular weight is 377 g/mol. The minimum atomic E-state index is -5.78. The topological polar surface area (TPSA) is 69.7 Å². The molecule has 0 fully saturated rings. The van der Waals surface area contributed by atoms with Gasteiger partial charge in [0.2, 0.25) is 0 Å². The van der Waals surface area contributed by atoms with Crippen molar-refractivity contribution in [1.29, 1.82) is 0 Å². The summed E-state index contributed by atoms with van der Waals surface area (Å²) in [5.74, 6) is -1.46. The van der Waals surface area contributed by atoms with Crippen LogP contribution in [0.15, 0.2) is 18.2 Å². The van der Waals surface area contributed by atoms with Gasteiger partial charge in [-0.25, -0.2) is 4.79 Å². The number of hydrogen-bond donors (Lipinski definition) is 0. The maximum Gasteiger partial charge on any atom is 0.534 e. The van der Waals surface area contributed by atoms with E-state index in [0.717, 1.165) is 19.2 Å². The van der Waals surface area contributed by atoms with Gasteiger partial charge in [-0.2, -0.15) is 21.6 Å². The van der Waals surface area contributed by atoms with Crippen LogP contribution in [0.1, 0.15) is 15.9 Å². The van der Waals surface area contributed by atoms with Crippen LogP contribution in [-0.4, -0.2) is 27.0 Å². The van der Waals surface area contributed by atoms with Crippen LogP contribution in [-0.2, 0) is 20.2 Å². The molecule has 0 aliphatic carbocycles. The molecule has 0 spiro atoms. The molecule has 1 rings (SSSR count). The Kier molecular flexibility index (Phi) is 5.03. The highest BCUT2D eigenvalue weighted by Crippen LogP contribution is 2.28. The second kappa shape index (κ2) is 6.00. The van der Waals surface area contributed by atoms with E-state index in [4.69, 9.17) is 0 Å². The number of hydrogen-bond acceptors (Lipinski definition) is 5. The van der Waals surface area contributed by atoms with Gasteiger partial charge in [-0.1, -0.05) is 22.0 Å². The highest BCUT2D eigenvalue weighted by Gasteiger charge is 2.48. The molecule has 0 saturated carbocycles. The fourth-order valence-electron chi connectivity index (χ4n) is 1.20. The normalized spacial score (nSPS) is 12.1. The summed E-state index contributed by atoms with van der Waals surface area (Å²) in [6.45, 7) is 0. The van der Waals surface area contributed by atoms with Crippen LogP contribution >= 0.6 is 15.9 Å². The van der Waals surface area contributed by atoms with Crippen molar-refractivity contribution in [3.05, 3.63) is 29.3 Å². The van der Waals surface area contributed by atoms with Crippen LogP contribution in [0.3, 0.4) is 0 Å². The van der Waals surface area contributed by atoms with Crippen molar-refractivity contribution >= 4 is 32.0 Å². The van der Waals surface area contributed by atoms with Gasteiger partial charge < -0.3 is 8.92 Å². The second-order valence-electron chi connectivity index (χ2n) is 3.43. The number of alkyl halides is 4. The van der Waals surface area contributed by atoms with Crippen molar-refractivity contribution < 1.29 is 35.3 Å². The maximum atomic E-state index is 12.2. The molecule has 1 aromatic rings. The number of halogens is 4. The maximum absolute atomic E-state index is 12.2. The van der Waals surface area contributed by atoms with Gasteiger partial charge in [0, 0.05) is 5.33 Å². The van der Waals surface area contributed by atoms with Crippen LogP contribution < -0.4 is 4.18 Å². The van der Waals surface area contributed by atoms with Crippen LogP contribution in [0.5, 0.6) is 5.75 Å². The minimum Gasteiger partial charge on any atom is -0.465 e. The van der Waals surface area contributed by atoms with E-state index in [1.54, 1.807) is 0 Å². The fraction of sp³-hybridized carbons (Fsp3) is 0.300. The summed E-state index contributed by atoms with van der Waals surface area (Å²) in [4.78, 5) is 11.4. The number of benzene rings is 1. The summed E-state index contributed by atoms with van der Waals surface area (Å²) >= 11 is 3.08. The Balaban J connectivity index is 3.20. The molecule has 0 N–H and O–H groups in total. The van der Waals surface area contributed by atoms with Gasteiger partial charge in [0.05, 0.1) is 12.7 Å². The van der Waals surface area contributed by atoms with E-state index in [9.17, 15) is 26.4 Å². The third kappa shape index (κ3) is 3.63. The Morgan fingerprint density at radius 3 is 2.40 bits per heavy atom. The van der Waals surface area contributed by atoms with Crippen LogP contribution in [0.2, 0.25) is 0 Å². The minimum absolute atomic E-state index is 0.0979. The van der Waals surface area contributed by atoms with E-state index >= 15 is 0 Å². The van der Waals surface area contributed by atoms with Gasteiger partial charge in [0.15, 0.2) is 0 Å². The summed E-state index contributed by atoms with van der Waals surface area (Å²) in [5.41, 5.74) is -5.24. The molecular weight excluding hydrogens is 369 g/mol. The lowest BCUT2D eigenvalue weighted by Crippen LogP contribution is -2.28. The van der Waals surface area contributed by atoms with E-state index in [-0.39, 0.29) is 10.9 Å². The first-order valence-electron chi connectivity index (χ1n) is 4.90. The Bertz CT molecular complexity index is 612. The SMILES string of the molecule is COC(=O)c1cc(OS(=O)(=O)C(F)(F)F)ccc1CBr. The van der Waals surface area contributed by atoms with Crippen molar-refractivity contribution in [1.82, 2.24) is 0 Å². The second-order valence-corrected chi connectivity index (χ2v) is 5.53. The lowest BCUT2D eigenvalue weighted by molar-refractivity contribution is -0.0500. The lowest BCUT2D eigenvalue weighted by Gasteiger charge is -2.11. The van der Waals surface area contributed by atoms with E-state index < -0.39 is 27.3 Å². The number of carbonyl (C=O) groups excluding carboxylic acids is 1. The van der Waals surface area contributed by atoms with Crippen molar-refractivity contribution in [2.75, 3.05) is 7.11 Å². The predicted molar refractivity (Wildman–Crippen MR) is 66.0 cm³/mol. The molecule has 0 aliphatic heterocycles. The Labute approximate surface area is 120 Å². The van der Waals surface area contributed by atoms with Gasteiger partial charge in [-0.05, 0) is 17.7 Å². The third-order valence-electron chi connectivity index (χ3n) is 2.12. The van der Waals surface area contributed by atoms with Gasteiger partial charge in [0.25, 0.3) is 0 Å². The smallest absolute Gasteiger partial charge is 0.465 e. The van der Waals surface area contributed by atoms with Gasteiger partial charge in [0.1, 0.15) is 5.75 Å². The highest BCUT2D eigenvalue weighted by molar-refractivity contribution is 9.08. The van der Waals surface area contributed by atoms with Crippen molar-refractivity contribution in [2.24, 2.45) is 0 Å². The predicted octanol–water partition coefficient (Wildman–Crippen LogP) is 2.60. The van der Waals surface area contributed by atoms with Gasteiger partial charge in [-0.15, -0.1) is 0 Å². The lowest BCUT2D eigenvalue weighted by atomic mass is 10.1. The Morgan fingerprint density at radius 2 is 1.95 bits per heavy atom. The summed E-state index contributed by atoms with van der Waals surface area (Å²) in [6.07, 6.45) is 0. The Hall–Kier alpha value is -1.29. The molecule has 0 radical (unpaired) electrons. The number of ether oxygens (including phenoxy) is 1. The fourth-order valence-corrected chi connectivity index (χ4v) is 2.14. The first-order chi connectivity index (χ1) is 9.12. The molecule has 20 heavy (non-hydrogen) atoms. The highest BCUT2D eigenvalue weighted by atomic mass is 79.9. The van der Waals surface area contributed by atoms with E-state index in [2.05, 4.69) is 24.8 Å². The average Bonchev–Trinajstić information content (AvgIpc) is 2.36. The molecule has 0 atom stereocenters. The third-order valence-corrected chi connectivity index (χ3v) is 3.70. The zero-order valence-electron chi connectivity index (χ0n) is 9.90. The van der Waals surface area contributed by atoms with Crippen molar-refractivity contribution in [2.45, 2.75) is 10.8 Å². The molecular formula is C10H8BrF3O5S. The van der Waals surface area contributed by atoms with Crippen LogP contribution in [0.25, 0.3) is 0 Å². The molecule has 0 amide bonds. The zero-order valence-corrected chi connectivity index (χ0v) is 12.3. The summed E-state index contributed by atoms with van der Waals surface area (Å²) < 4.78 is 66.6. The van der Waals surface area contributed by atoms with E-state index in [1.165, 1.54) is 6.07 Å². The molecule has 112 valence electrons. The molecule has 5 nitrogen and oxygen atoms in total. The summed E-state index contributed by atoms with van der Waals surface area (Å²) in [7, 11) is -4.70. The monoisotopic (exact) mass is 376 g/mol. The summed E-state index contributed by atoms with van der Waals surface area (Å²) in [6, 6.07) is 3.13. The molecule has 0 heterocycles. The molecule has 0 unspecified atom stereocenters. The molecule has 0 saturated heterocycles. The van der Waals surface area contributed by atoms with Gasteiger partial charge >= 0.3 is 21.6 Å². The largest absolute Gasteiger partial charge is 0.534 e. The number of carbonyl (C=O) groups is 1. The molecule has 0 bridgehead atoms. The zero-order chi connectivity index (χ0) is 15.6. The van der Waals surface area contributed by atoms with E-state index in [1.807, 2.05) is 0 Å². The first kappa shape index (κ1) is 16.8. The van der Waals surface area contributed by atoms with Crippen LogP contribution in [0.4, 0.5) is 13.2 Å². The first-order valence-corrected chi connectivity index (χ1v) is 7.43. The molecule has 1 aromatic carbocycles. The molecule has 0 aromatic heterocycles. The quantitative estimate of drug-likeness (QED) is 0.349. The molecule has 10 heteroatoms. The summed E-state index contributed by atoms with van der Waals surface area (Å²) in [5, 5.41) is 0.226. The van der Waals surface area contributed by atoms with Crippen molar-refractivity contribution in [3.63, 3.8) is 0 Å². The molecule has 0 aliphatic rings. The Morgan fingerprint density at radius 1 is 1.35 bits per heavy atom. The number of methoxy groups -OCH3 is 1. The van der Waals surface area contributed by atoms with Crippen LogP contribution in [0, 0.1) is 0 Å². The van der Waals surface area contributed by atoms with E-state index in [0.29, 0.717) is 5.56 Å². The standard InChI is InChI=1S/C10H8BrF3O5S/c1-18-9(15)8-4-7(3-2-6(8)5-11)19-20(16,17)10(12,13)14/h2-4H,5H2,1H3. The van der Waals surface area contributed by atoms with Gasteiger partial charge in [-0.3, -0.25) is 0 Å². The number of esters is 1. The number of rotatable bonds is 4.